The van der Waals surface area contributed by atoms with Crippen molar-refractivity contribution in [2.45, 2.75) is 20.3 Å². The van der Waals surface area contributed by atoms with Crippen LogP contribution in [0.25, 0.3) is 0 Å². The van der Waals surface area contributed by atoms with Crippen molar-refractivity contribution in [3.63, 3.8) is 0 Å². The lowest BCUT2D eigenvalue weighted by Crippen LogP contribution is -1.98. The lowest BCUT2D eigenvalue weighted by atomic mass is 10.0. The van der Waals surface area contributed by atoms with E-state index in [1.54, 1.807) is 0 Å². The van der Waals surface area contributed by atoms with Gasteiger partial charge in [0.05, 0.1) is 6.61 Å². The van der Waals surface area contributed by atoms with E-state index >= 15 is 0 Å². The molecule has 0 aromatic carbocycles. The van der Waals surface area contributed by atoms with E-state index < -0.39 is 0 Å². The number of allylic oxidation sites excluding steroid dienone is 3. The zero-order valence-electron chi connectivity index (χ0n) is 6.63. The van der Waals surface area contributed by atoms with E-state index in [2.05, 4.69) is 19.1 Å². The quantitative estimate of drug-likeness (QED) is 0.569. The van der Waals surface area contributed by atoms with E-state index in [1.165, 1.54) is 0 Å². The van der Waals surface area contributed by atoms with Crippen LogP contribution >= 0.6 is 0 Å². The van der Waals surface area contributed by atoms with Gasteiger partial charge in [-0.25, -0.2) is 0 Å². The van der Waals surface area contributed by atoms with Gasteiger partial charge in [-0.3, -0.25) is 0 Å². The molecule has 1 aliphatic carbocycles. The highest BCUT2D eigenvalue weighted by atomic mass is 16.5. The van der Waals surface area contributed by atoms with E-state index in [9.17, 15) is 0 Å². The number of ether oxygens (including phenoxy) is 1. The fourth-order valence-electron chi connectivity index (χ4n) is 1.07. The Balaban J connectivity index is 2.49. The first-order chi connectivity index (χ1) is 4.83. The van der Waals surface area contributed by atoms with Crippen molar-refractivity contribution in [1.29, 1.82) is 0 Å². The summed E-state index contributed by atoms with van der Waals surface area (Å²) < 4.78 is 5.33. The maximum atomic E-state index is 5.33. The molecule has 0 spiro atoms. The molecule has 0 fully saturated rings. The van der Waals surface area contributed by atoms with Gasteiger partial charge >= 0.3 is 0 Å². The Morgan fingerprint density at radius 1 is 1.70 bits per heavy atom. The number of hydrogen-bond donors (Lipinski definition) is 0. The summed E-state index contributed by atoms with van der Waals surface area (Å²) in [6.07, 6.45) is 7.53. The largest absolute Gasteiger partial charge is 0.494 e. The summed E-state index contributed by atoms with van der Waals surface area (Å²) in [5.74, 6) is 1.67. The van der Waals surface area contributed by atoms with Crippen LogP contribution in [0.3, 0.4) is 0 Å². The van der Waals surface area contributed by atoms with E-state index in [0.717, 1.165) is 18.8 Å². The lowest BCUT2D eigenvalue weighted by molar-refractivity contribution is 0.238. The molecule has 0 bridgehead atoms. The zero-order valence-corrected chi connectivity index (χ0v) is 6.63. The van der Waals surface area contributed by atoms with Gasteiger partial charge in [0.25, 0.3) is 0 Å². The highest BCUT2D eigenvalue weighted by Crippen LogP contribution is 2.16. The lowest BCUT2D eigenvalue weighted by Gasteiger charge is -2.11. The Kier molecular flexibility index (Phi) is 2.55. The van der Waals surface area contributed by atoms with Crippen molar-refractivity contribution in [1.82, 2.24) is 0 Å². The molecule has 1 atom stereocenters. The van der Waals surface area contributed by atoms with Crippen molar-refractivity contribution in [2.24, 2.45) is 5.92 Å². The molecule has 0 aliphatic heterocycles. The second-order valence-electron chi connectivity index (χ2n) is 2.62. The number of rotatable bonds is 2. The summed E-state index contributed by atoms with van der Waals surface area (Å²) in [6, 6.07) is 0. The van der Waals surface area contributed by atoms with Crippen LogP contribution in [0.4, 0.5) is 0 Å². The molecule has 0 aromatic heterocycles. The van der Waals surface area contributed by atoms with Gasteiger partial charge in [-0.05, 0) is 31.4 Å². The van der Waals surface area contributed by atoms with E-state index in [4.69, 9.17) is 4.74 Å². The second kappa shape index (κ2) is 3.45. The molecule has 0 amide bonds. The molecule has 1 heteroatoms. The van der Waals surface area contributed by atoms with Crippen molar-refractivity contribution < 1.29 is 4.74 Å². The maximum absolute atomic E-state index is 5.33. The fraction of sp³-hybridized carbons (Fsp3) is 0.556. The molecule has 56 valence electrons. The van der Waals surface area contributed by atoms with Crippen LogP contribution in [0.2, 0.25) is 0 Å². The Morgan fingerprint density at radius 2 is 2.50 bits per heavy atom. The smallest absolute Gasteiger partial charge is 0.115 e. The van der Waals surface area contributed by atoms with Gasteiger partial charge in [0.1, 0.15) is 5.76 Å². The van der Waals surface area contributed by atoms with Gasteiger partial charge in [0, 0.05) is 0 Å². The van der Waals surface area contributed by atoms with Crippen molar-refractivity contribution in [3.8, 4) is 0 Å². The topological polar surface area (TPSA) is 9.23 Å². The molecule has 1 rings (SSSR count). The highest BCUT2D eigenvalue weighted by molar-refractivity contribution is 5.17. The minimum absolute atomic E-state index is 0.645. The van der Waals surface area contributed by atoms with Crippen LogP contribution in [0.5, 0.6) is 0 Å². The van der Waals surface area contributed by atoms with Crippen molar-refractivity contribution in [3.05, 3.63) is 24.0 Å². The first-order valence-electron chi connectivity index (χ1n) is 3.84. The van der Waals surface area contributed by atoms with Gasteiger partial charge in [-0.1, -0.05) is 13.0 Å². The molecule has 0 aromatic rings. The van der Waals surface area contributed by atoms with Crippen molar-refractivity contribution in [2.75, 3.05) is 6.61 Å². The Morgan fingerprint density at radius 3 is 3.10 bits per heavy atom. The summed E-state index contributed by atoms with van der Waals surface area (Å²) in [5.41, 5.74) is 0. The Labute approximate surface area is 62.4 Å². The SMILES string of the molecule is CCOC1=CC(C)CC=C1. The molecule has 0 radical (unpaired) electrons. The van der Waals surface area contributed by atoms with Gasteiger partial charge in [-0.2, -0.15) is 0 Å². The van der Waals surface area contributed by atoms with Crippen molar-refractivity contribution >= 4 is 0 Å². The van der Waals surface area contributed by atoms with Gasteiger partial charge in [0.2, 0.25) is 0 Å². The van der Waals surface area contributed by atoms with Crippen LogP contribution in [0.1, 0.15) is 20.3 Å². The second-order valence-corrected chi connectivity index (χ2v) is 2.62. The standard InChI is InChI=1S/C9H14O/c1-3-10-9-6-4-5-8(2)7-9/h4,6-8H,3,5H2,1-2H3. The molecular weight excluding hydrogens is 124 g/mol. The first kappa shape index (κ1) is 7.39. The summed E-state index contributed by atoms with van der Waals surface area (Å²) >= 11 is 0. The van der Waals surface area contributed by atoms with E-state index in [0.29, 0.717) is 5.92 Å². The Hall–Kier alpha value is -0.720. The maximum Gasteiger partial charge on any atom is 0.115 e. The summed E-state index contributed by atoms with van der Waals surface area (Å²) in [7, 11) is 0. The molecule has 0 N–H and O–H groups in total. The summed E-state index contributed by atoms with van der Waals surface area (Å²) in [5, 5.41) is 0. The third kappa shape index (κ3) is 1.90. The van der Waals surface area contributed by atoms with Gasteiger partial charge in [-0.15, -0.1) is 0 Å². The van der Waals surface area contributed by atoms with E-state index in [-0.39, 0.29) is 0 Å². The first-order valence-corrected chi connectivity index (χ1v) is 3.84. The molecule has 1 nitrogen and oxygen atoms in total. The molecule has 0 saturated carbocycles. The van der Waals surface area contributed by atoms with Crippen LogP contribution in [0.15, 0.2) is 24.0 Å². The minimum Gasteiger partial charge on any atom is -0.494 e. The number of hydrogen-bond acceptors (Lipinski definition) is 1. The molecular formula is C9H14O. The molecule has 1 aliphatic rings. The summed E-state index contributed by atoms with van der Waals surface area (Å²) in [6.45, 7) is 4.97. The fourth-order valence-corrected chi connectivity index (χ4v) is 1.07. The zero-order chi connectivity index (χ0) is 7.40. The third-order valence-electron chi connectivity index (χ3n) is 1.55. The predicted octanol–water partition coefficient (Wildman–Crippen LogP) is 2.50. The minimum atomic E-state index is 0.645. The van der Waals surface area contributed by atoms with Crippen LogP contribution in [0, 0.1) is 5.92 Å². The molecule has 0 saturated heterocycles. The third-order valence-corrected chi connectivity index (χ3v) is 1.55. The van der Waals surface area contributed by atoms with E-state index in [1.807, 2.05) is 13.0 Å². The average Bonchev–Trinajstić information content (AvgIpc) is 1.88. The van der Waals surface area contributed by atoms with Crippen LogP contribution in [-0.2, 0) is 4.74 Å². The van der Waals surface area contributed by atoms with Gasteiger partial charge < -0.3 is 4.74 Å². The monoisotopic (exact) mass is 138 g/mol. The van der Waals surface area contributed by atoms with Crippen LogP contribution < -0.4 is 0 Å². The molecule has 10 heavy (non-hydrogen) atoms. The molecule has 0 heterocycles. The predicted molar refractivity (Wildman–Crippen MR) is 42.6 cm³/mol. The average molecular weight is 138 g/mol. The molecule has 1 unspecified atom stereocenters. The summed E-state index contributed by atoms with van der Waals surface area (Å²) in [4.78, 5) is 0. The normalized spacial score (nSPS) is 24.2. The van der Waals surface area contributed by atoms with Gasteiger partial charge in [0.15, 0.2) is 0 Å². The highest BCUT2D eigenvalue weighted by Gasteiger charge is 2.02. The van der Waals surface area contributed by atoms with Crippen LogP contribution in [-0.4, -0.2) is 6.61 Å². The Bertz CT molecular complexity index is 156.